The standard InChI is InChI=1S/C23H33N3O4/c1-23(2,3)16-30-22(28)26-12-18-8-19(13-26)11-25(10-18)14-20(27)15-29-21-6-4-17(9-24)5-7-21/h4-7,18-20,27H,8,10-16H2,1-3H3. The van der Waals surface area contributed by atoms with Gasteiger partial charge in [-0.25, -0.2) is 4.79 Å². The number of hydrogen-bond donors (Lipinski definition) is 1. The fraction of sp³-hybridized carbons (Fsp3) is 0.652. The number of aliphatic hydroxyl groups excluding tert-OH is 1. The Morgan fingerprint density at radius 2 is 1.83 bits per heavy atom. The van der Waals surface area contributed by atoms with Crippen molar-refractivity contribution in [3.05, 3.63) is 29.8 Å². The molecule has 1 aromatic rings. The molecular formula is C23H33N3O4. The number of ether oxygens (including phenoxy) is 2. The van der Waals surface area contributed by atoms with E-state index in [1.807, 2.05) is 4.90 Å². The van der Waals surface area contributed by atoms with Gasteiger partial charge >= 0.3 is 6.09 Å². The van der Waals surface area contributed by atoms with Gasteiger partial charge in [0.15, 0.2) is 0 Å². The first-order valence-corrected chi connectivity index (χ1v) is 10.7. The van der Waals surface area contributed by atoms with Crippen molar-refractivity contribution in [1.82, 2.24) is 9.80 Å². The Kier molecular flexibility index (Phi) is 7.22. The number of carbonyl (C=O) groups excluding carboxylic acids is 1. The molecule has 7 nitrogen and oxygen atoms in total. The van der Waals surface area contributed by atoms with E-state index in [1.54, 1.807) is 24.3 Å². The van der Waals surface area contributed by atoms with Crippen LogP contribution in [0, 0.1) is 28.6 Å². The zero-order valence-corrected chi connectivity index (χ0v) is 18.2. The maximum atomic E-state index is 12.4. The SMILES string of the molecule is CC(C)(C)COC(=O)N1CC2CC(CN(CC(O)COc3ccc(C#N)cc3)C2)C1. The number of rotatable bonds is 6. The average molecular weight is 416 g/mol. The van der Waals surface area contributed by atoms with Crippen LogP contribution in [-0.4, -0.2) is 73.0 Å². The van der Waals surface area contributed by atoms with Gasteiger partial charge in [-0.05, 0) is 47.9 Å². The maximum absolute atomic E-state index is 12.4. The molecule has 1 N–H and O–H groups in total. The molecule has 3 atom stereocenters. The van der Waals surface area contributed by atoms with E-state index < -0.39 is 6.10 Å². The lowest BCUT2D eigenvalue weighted by Gasteiger charge is -2.45. The summed E-state index contributed by atoms with van der Waals surface area (Å²) in [7, 11) is 0. The molecule has 2 aliphatic rings. The van der Waals surface area contributed by atoms with Gasteiger partial charge in [-0.15, -0.1) is 0 Å². The van der Waals surface area contributed by atoms with Crippen LogP contribution in [0.5, 0.6) is 5.75 Å². The Balaban J connectivity index is 1.42. The topological polar surface area (TPSA) is 86.0 Å². The molecule has 0 radical (unpaired) electrons. The van der Waals surface area contributed by atoms with E-state index in [0.29, 0.717) is 49.4 Å². The van der Waals surface area contributed by atoms with Crippen LogP contribution >= 0.6 is 0 Å². The Bertz CT molecular complexity index is 739. The molecule has 2 aliphatic heterocycles. The number of amides is 1. The molecule has 2 saturated heterocycles. The summed E-state index contributed by atoms with van der Waals surface area (Å²) in [5, 5.41) is 19.2. The minimum absolute atomic E-state index is 0.0336. The molecule has 30 heavy (non-hydrogen) atoms. The highest BCUT2D eigenvalue weighted by Gasteiger charge is 2.37. The first kappa shape index (κ1) is 22.4. The third-order valence-corrected chi connectivity index (χ3v) is 5.44. The Hall–Kier alpha value is -2.30. The molecule has 3 unspecified atom stereocenters. The van der Waals surface area contributed by atoms with Gasteiger partial charge in [0.2, 0.25) is 0 Å². The van der Waals surface area contributed by atoms with Crippen LogP contribution in [0.15, 0.2) is 24.3 Å². The molecule has 1 amide bonds. The molecule has 164 valence electrons. The fourth-order valence-corrected chi connectivity index (χ4v) is 4.22. The number of aliphatic hydroxyl groups is 1. The van der Waals surface area contributed by atoms with Crippen LogP contribution in [0.1, 0.15) is 32.8 Å². The van der Waals surface area contributed by atoms with Gasteiger partial charge in [-0.2, -0.15) is 5.26 Å². The van der Waals surface area contributed by atoms with Crippen molar-refractivity contribution < 1.29 is 19.4 Å². The fourth-order valence-electron chi connectivity index (χ4n) is 4.22. The van der Waals surface area contributed by atoms with Crippen molar-refractivity contribution in [2.45, 2.75) is 33.3 Å². The van der Waals surface area contributed by atoms with Crippen molar-refractivity contribution in [3.63, 3.8) is 0 Å². The average Bonchev–Trinajstić information content (AvgIpc) is 2.69. The minimum atomic E-state index is -0.590. The van der Waals surface area contributed by atoms with Crippen LogP contribution in [0.3, 0.4) is 0 Å². The van der Waals surface area contributed by atoms with E-state index in [1.165, 1.54) is 0 Å². The number of hydrogen-bond acceptors (Lipinski definition) is 6. The van der Waals surface area contributed by atoms with Crippen molar-refractivity contribution in [2.75, 3.05) is 45.9 Å². The zero-order valence-electron chi connectivity index (χ0n) is 18.2. The number of piperidine rings is 2. The van der Waals surface area contributed by atoms with Crippen LogP contribution in [-0.2, 0) is 4.74 Å². The molecular weight excluding hydrogens is 382 g/mol. The molecule has 0 saturated carbocycles. The number of β-amino-alcohol motifs (C(OH)–C–C–N with tert-alkyl or cyclic N) is 1. The summed E-state index contributed by atoms with van der Waals surface area (Å²) in [6.07, 6.45) is 0.327. The highest BCUT2D eigenvalue weighted by atomic mass is 16.6. The first-order valence-electron chi connectivity index (χ1n) is 10.7. The number of likely N-dealkylation sites (tertiary alicyclic amines) is 2. The predicted octanol–water partition coefficient (Wildman–Crippen LogP) is 2.73. The lowest BCUT2D eigenvalue weighted by atomic mass is 9.84. The molecule has 2 heterocycles. The lowest BCUT2D eigenvalue weighted by molar-refractivity contribution is -0.00557. The minimum Gasteiger partial charge on any atom is -0.491 e. The predicted molar refractivity (Wildman–Crippen MR) is 113 cm³/mol. The van der Waals surface area contributed by atoms with Crippen molar-refractivity contribution >= 4 is 6.09 Å². The molecule has 0 spiro atoms. The number of nitrogens with zero attached hydrogens (tertiary/aromatic N) is 3. The highest BCUT2D eigenvalue weighted by molar-refractivity contribution is 5.67. The summed E-state index contributed by atoms with van der Waals surface area (Å²) < 4.78 is 11.1. The van der Waals surface area contributed by atoms with Crippen molar-refractivity contribution in [1.29, 1.82) is 5.26 Å². The van der Waals surface area contributed by atoms with E-state index in [4.69, 9.17) is 14.7 Å². The summed E-state index contributed by atoms with van der Waals surface area (Å²) in [4.78, 5) is 16.5. The molecule has 1 aromatic carbocycles. The van der Waals surface area contributed by atoms with E-state index in [-0.39, 0.29) is 18.1 Å². The van der Waals surface area contributed by atoms with E-state index >= 15 is 0 Å². The second-order valence-corrected chi connectivity index (χ2v) is 9.81. The van der Waals surface area contributed by atoms with Crippen molar-refractivity contribution in [2.24, 2.45) is 17.3 Å². The number of benzene rings is 1. The summed E-state index contributed by atoms with van der Waals surface area (Å²) in [5.74, 6) is 1.46. The second-order valence-electron chi connectivity index (χ2n) is 9.81. The van der Waals surface area contributed by atoms with Gasteiger partial charge < -0.3 is 19.5 Å². The van der Waals surface area contributed by atoms with Crippen LogP contribution in [0.4, 0.5) is 4.79 Å². The molecule has 3 rings (SSSR count). The largest absolute Gasteiger partial charge is 0.491 e. The summed E-state index contributed by atoms with van der Waals surface area (Å²) >= 11 is 0. The van der Waals surface area contributed by atoms with Gasteiger partial charge in [-0.3, -0.25) is 4.90 Å². The van der Waals surface area contributed by atoms with Gasteiger partial charge in [0, 0.05) is 32.7 Å². The summed E-state index contributed by atoms with van der Waals surface area (Å²) in [6, 6.07) is 8.95. The molecule has 2 bridgehead atoms. The maximum Gasteiger partial charge on any atom is 0.409 e. The third-order valence-electron chi connectivity index (χ3n) is 5.44. The summed E-state index contributed by atoms with van der Waals surface area (Å²) in [6.45, 7) is 10.5. The number of carbonyl (C=O) groups is 1. The van der Waals surface area contributed by atoms with E-state index in [0.717, 1.165) is 19.5 Å². The molecule has 0 aliphatic carbocycles. The van der Waals surface area contributed by atoms with Gasteiger partial charge in [0.05, 0.1) is 18.2 Å². The smallest absolute Gasteiger partial charge is 0.409 e. The Morgan fingerprint density at radius 3 is 2.40 bits per heavy atom. The van der Waals surface area contributed by atoms with Crippen LogP contribution in [0.25, 0.3) is 0 Å². The second kappa shape index (κ2) is 9.67. The van der Waals surface area contributed by atoms with Crippen LogP contribution in [0.2, 0.25) is 0 Å². The quantitative estimate of drug-likeness (QED) is 0.769. The number of nitriles is 1. The van der Waals surface area contributed by atoms with E-state index in [9.17, 15) is 9.90 Å². The van der Waals surface area contributed by atoms with Gasteiger partial charge in [0.25, 0.3) is 0 Å². The number of fused-ring (bicyclic) bond motifs is 2. The van der Waals surface area contributed by atoms with Gasteiger partial charge in [-0.1, -0.05) is 20.8 Å². The third kappa shape index (κ3) is 6.61. The van der Waals surface area contributed by atoms with Gasteiger partial charge in [0.1, 0.15) is 18.5 Å². The summed E-state index contributed by atoms with van der Waals surface area (Å²) in [5.41, 5.74) is 0.549. The van der Waals surface area contributed by atoms with Crippen LogP contribution < -0.4 is 4.74 Å². The first-order chi connectivity index (χ1) is 14.2. The highest BCUT2D eigenvalue weighted by Crippen LogP contribution is 2.29. The molecule has 0 aromatic heterocycles. The Labute approximate surface area is 179 Å². The molecule has 7 heteroatoms. The monoisotopic (exact) mass is 415 g/mol. The lowest BCUT2D eigenvalue weighted by Crippen LogP contribution is -2.55. The van der Waals surface area contributed by atoms with Crippen molar-refractivity contribution in [3.8, 4) is 11.8 Å². The molecule has 2 fully saturated rings. The zero-order chi connectivity index (χ0) is 21.7. The Morgan fingerprint density at radius 1 is 1.20 bits per heavy atom. The van der Waals surface area contributed by atoms with E-state index in [2.05, 4.69) is 31.7 Å². The normalized spacial score (nSPS) is 22.8.